The highest BCUT2D eigenvalue weighted by molar-refractivity contribution is 14.0. The maximum Gasteiger partial charge on any atom is 0.191 e. The van der Waals surface area contributed by atoms with Crippen LogP contribution < -0.4 is 10.6 Å². The Hall–Kier alpha value is -1.57. The van der Waals surface area contributed by atoms with Crippen molar-refractivity contribution in [1.82, 2.24) is 20.2 Å². The van der Waals surface area contributed by atoms with Crippen LogP contribution in [-0.2, 0) is 13.1 Å². The van der Waals surface area contributed by atoms with Gasteiger partial charge in [-0.3, -0.25) is 0 Å². The van der Waals surface area contributed by atoms with Gasteiger partial charge in [0.15, 0.2) is 5.96 Å². The number of hydrogen-bond acceptors (Lipinski definition) is 2. The van der Waals surface area contributed by atoms with Crippen molar-refractivity contribution in [2.45, 2.75) is 33.4 Å². The van der Waals surface area contributed by atoms with E-state index in [1.807, 2.05) is 18.5 Å². The SMILES string of the molecule is CCCNC(=NCc1nccn1Cc1ccccc1)NCC.I. The minimum absolute atomic E-state index is 0. The number of halogens is 1. The molecule has 0 saturated carbocycles. The molecule has 0 amide bonds. The van der Waals surface area contributed by atoms with Crippen LogP contribution in [0.5, 0.6) is 0 Å². The monoisotopic (exact) mass is 427 g/mol. The predicted octanol–water partition coefficient (Wildman–Crippen LogP) is 3.01. The molecular weight excluding hydrogens is 401 g/mol. The third-order valence-corrected chi connectivity index (χ3v) is 3.26. The summed E-state index contributed by atoms with van der Waals surface area (Å²) in [5.74, 6) is 1.82. The molecule has 2 aromatic rings. The van der Waals surface area contributed by atoms with Gasteiger partial charge < -0.3 is 15.2 Å². The predicted molar refractivity (Wildman–Crippen MR) is 106 cm³/mol. The topological polar surface area (TPSA) is 54.2 Å². The van der Waals surface area contributed by atoms with E-state index < -0.39 is 0 Å². The molecule has 5 nitrogen and oxygen atoms in total. The summed E-state index contributed by atoms with van der Waals surface area (Å²) >= 11 is 0. The zero-order chi connectivity index (χ0) is 15.6. The van der Waals surface area contributed by atoms with Crippen molar-refractivity contribution >= 4 is 29.9 Å². The molecule has 126 valence electrons. The Balaban J connectivity index is 0.00000264. The zero-order valence-corrected chi connectivity index (χ0v) is 16.2. The minimum atomic E-state index is 0. The van der Waals surface area contributed by atoms with Crippen LogP contribution in [-0.4, -0.2) is 28.6 Å². The Morgan fingerprint density at radius 1 is 1.17 bits per heavy atom. The van der Waals surface area contributed by atoms with E-state index in [-0.39, 0.29) is 24.0 Å². The molecule has 0 atom stereocenters. The molecule has 1 aromatic carbocycles. The Bertz CT molecular complexity index is 580. The number of aromatic nitrogens is 2. The van der Waals surface area contributed by atoms with Gasteiger partial charge in [0.1, 0.15) is 12.4 Å². The number of hydrogen-bond donors (Lipinski definition) is 2. The van der Waals surface area contributed by atoms with Gasteiger partial charge in [-0.1, -0.05) is 37.3 Å². The van der Waals surface area contributed by atoms with E-state index in [2.05, 4.69) is 63.3 Å². The van der Waals surface area contributed by atoms with Crippen LogP contribution in [0.1, 0.15) is 31.7 Å². The molecule has 6 heteroatoms. The van der Waals surface area contributed by atoms with Crippen LogP contribution >= 0.6 is 24.0 Å². The van der Waals surface area contributed by atoms with E-state index in [1.165, 1.54) is 5.56 Å². The first-order valence-corrected chi connectivity index (χ1v) is 7.89. The Kier molecular flexibility index (Phi) is 9.35. The largest absolute Gasteiger partial charge is 0.357 e. The van der Waals surface area contributed by atoms with E-state index in [0.717, 1.165) is 37.8 Å². The van der Waals surface area contributed by atoms with Gasteiger partial charge in [0.2, 0.25) is 0 Å². The van der Waals surface area contributed by atoms with Crippen molar-refractivity contribution in [2.24, 2.45) is 4.99 Å². The second-order valence-electron chi connectivity index (χ2n) is 5.08. The standard InChI is InChI=1S/C17H25N5.HI/c1-3-10-20-17(18-4-2)21-13-16-19-11-12-22(16)14-15-8-6-5-7-9-15;/h5-9,11-12H,3-4,10,13-14H2,1-2H3,(H2,18,20,21);1H. The van der Waals surface area contributed by atoms with Gasteiger partial charge in [-0.2, -0.15) is 0 Å². The minimum Gasteiger partial charge on any atom is -0.357 e. The van der Waals surface area contributed by atoms with E-state index >= 15 is 0 Å². The van der Waals surface area contributed by atoms with Crippen molar-refractivity contribution in [3.8, 4) is 0 Å². The molecule has 0 aliphatic carbocycles. The lowest BCUT2D eigenvalue weighted by atomic mass is 10.2. The molecule has 0 spiro atoms. The molecule has 2 N–H and O–H groups in total. The second kappa shape index (κ2) is 11.0. The fourth-order valence-corrected chi connectivity index (χ4v) is 2.15. The number of rotatable bonds is 7. The molecular formula is C17H26IN5. The van der Waals surface area contributed by atoms with Crippen molar-refractivity contribution < 1.29 is 0 Å². The van der Waals surface area contributed by atoms with E-state index in [9.17, 15) is 0 Å². The molecule has 1 heterocycles. The smallest absolute Gasteiger partial charge is 0.191 e. The first-order valence-electron chi connectivity index (χ1n) is 7.89. The second-order valence-corrected chi connectivity index (χ2v) is 5.08. The van der Waals surface area contributed by atoms with Gasteiger partial charge in [-0.05, 0) is 18.9 Å². The van der Waals surface area contributed by atoms with Crippen LogP contribution in [0.3, 0.4) is 0 Å². The fourth-order valence-electron chi connectivity index (χ4n) is 2.15. The number of aliphatic imine (C=N–C) groups is 1. The maximum atomic E-state index is 4.61. The zero-order valence-electron chi connectivity index (χ0n) is 13.8. The first-order chi connectivity index (χ1) is 10.8. The molecule has 0 aliphatic rings. The summed E-state index contributed by atoms with van der Waals surface area (Å²) in [5.41, 5.74) is 1.27. The van der Waals surface area contributed by atoms with Gasteiger partial charge in [0.05, 0.1) is 0 Å². The lowest BCUT2D eigenvalue weighted by Gasteiger charge is -2.11. The highest BCUT2D eigenvalue weighted by Gasteiger charge is 2.04. The molecule has 23 heavy (non-hydrogen) atoms. The number of nitrogens with one attached hydrogen (secondary N) is 2. The first kappa shape index (κ1) is 19.5. The summed E-state index contributed by atoms with van der Waals surface area (Å²) in [6, 6.07) is 10.4. The van der Waals surface area contributed by atoms with E-state index in [4.69, 9.17) is 0 Å². The van der Waals surface area contributed by atoms with Gasteiger partial charge in [-0.25, -0.2) is 9.98 Å². The Labute approximate surface area is 155 Å². The number of imidazole rings is 1. The quantitative estimate of drug-likeness (QED) is 0.406. The average molecular weight is 427 g/mol. The van der Waals surface area contributed by atoms with E-state index in [1.54, 1.807) is 0 Å². The third kappa shape index (κ3) is 6.60. The van der Waals surface area contributed by atoms with Crippen LogP contribution in [0.4, 0.5) is 0 Å². The average Bonchev–Trinajstić information content (AvgIpc) is 2.98. The van der Waals surface area contributed by atoms with Gasteiger partial charge in [0, 0.05) is 32.0 Å². The van der Waals surface area contributed by atoms with Crippen molar-refractivity contribution in [1.29, 1.82) is 0 Å². The van der Waals surface area contributed by atoms with Crippen LogP contribution in [0, 0.1) is 0 Å². The fraction of sp³-hybridized carbons (Fsp3) is 0.412. The van der Waals surface area contributed by atoms with Crippen molar-refractivity contribution in [2.75, 3.05) is 13.1 Å². The molecule has 0 bridgehead atoms. The summed E-state index contributed by atoms with van der Waals surface area (Å²) in [7, 11) is 0. The lowest BCUT2D eigenvalue weighted by molar-refractivity contribution is 0.715. The number of benzene rings is 1. The molecule has 0 radical (unpaired) electrons. The van der Waals surface area contributed by atoms with Crippen LogP contribution in [0.25, 0.3) is 0 Å². The third-order valence-electron chi connectivity index (χ3n) is 3.26. The molecule has 2 rings (SSSR count). The number of guanidine groups is 1. The van der Waals surface area contributed by atoms with Crippen LogP contribution in [0.15, 0.2) is 47.7 Å². The Morgan fingerprint density at radius 2 is 1.96 bits per heavy atom. The van der Waals surface area contributed by atoms with Crippen molar-refractivity contribution in [3.63, 3.8) is 0 Å². The summed E-state index contributed by atoms with van der Waals surface area (Å²) < 4.78 is 2.14. The molecule has 0 unspecified atom stereocenters. The summed E-state index contributed by atoms with van der Waals surface area (Å²) in [6.07, 6.45) is 4.91. The van der Waals surface area contributed by atoms with E-state index in [0.29, 0.717) is 6.54 Å². The summed E-state index contributed by atoms with van der Waals surface area (Å²) in [6.45, 7) is 7.38. The highest BCUT2D eigenvalue weighted by atomic mass is 127. The summed E-state index contributed by atoms with van der Waals surface area (Å²) in [4.78, 5) is 9.03. The lowest BCUT2D eigenvalue weighted by Crippen LogP contribution is -2.37. The molecule has 1 aromatic heterocycles. The van der Waals surface area contributed by atoms with Gasteiger partial charge in [0.25, 0.3) is 0 Å². The highest BCUT2D eigenvalue weighted by Crippen LogP contribution is 2.06. The van der Waals surface area contributed by atoms with Gasteiger partial charge in [-0.15, -0.1) is 24.0 Å². The maximum absolute atomic E-state index is 4.61. The number of nitrogens with zero attached hydrogens (tertiary/aromatic N) is 3. The normalized spacial score (nSPS) is 11.0. The van der Waals surface area contributed by atoms with Crippen LogP contribution in [0.2, 0.25) is 0 Å². The molecule has 0 aliphatic heterocycles. The van der Waals surface area contributed by atoms with Gasteiger partial charge >= 0.3 is 0 Å². The molecule has 0 saturated heterocycles. The summed E-state index contributed by atoms with van der Waals surface area (Å²) in [5, 5.41) is 6.55. The molecule has 0 fully saturated rings. The Morgan fingerprint density at radius 3 is 2.65 bits per heavy atom. The van der Waals surface area contributed by atoms with Crippen molar-refractivity contribution in [3.05, 3.63) is 54.1 Å².